The second-order valence-corrected chi connectivity index (χ2v) is 5.32. The minimum Gasteiger partial charge on any atom is -0.504 e. The van der Waals surface area contributed by atoms with E-state index in [2.05, 4.69) is 0 Å². The summed E-state index contributed by atoms with van der Waals surface area (Å²) in [5.74, 6) is 0.376. The largest absolute Gasteiger partial charge is 0.504 e. The highest BCUT2D eigenvalue weighted by atomic mass is 16.7. The average Bonchev–Trinajstić information content (AvgIpc) is 2.55. The summed E-state index contributed by atoms with van der Waals surface area (Å²) in [6.07, 6.45) is -6.02. The smallest absolute Gasteiger partial charge is 0.186 e. The predicted octanol–water partition coefficient (Wildman–Crippen LogP) is -1.24. The molecule has 1 aliphatic heterocycles. The van der Waals surface area contributed by atoms with Crippen molar-refractivity contribution in [1.29, 1.82) is 0 Å². The summed E-state index contributed by atoms with van der Waals surface area (Å²) in [5.41, 5.74) is 0.785. The first-order valence-corrected chi connectivity index (χ1v) is 7.26. The van der Waals surface area contributed by atoms with Crippen LogP contribution in [-0.4, -0.2) is 76.6 Å². The molecular formula is C15H22O8. The monoisotopic (exact) mass is 330 g/mol. The van der Waals surface area contributed by atoms with E-state index in [1.165, 1.54) is 13.2 Å². The van der Waals surface area contributed by atoms with Gasteiger partial charge in [-0.2, -0.15) is 0 Å². The molecule has 1 heterocycles. The highest BCUT2D eigenvalue weighted by Crippen LogP contribution is 2.27. The van der Waals surface area contributed by atoms with Crippen molar-refractivity contribution in [3.05, 3.63) is 23.8 Å². The molecule has 0 aliphatic carbocycles. The van der Waals surface area contributed by atoms with Gasteiger partial charge in [-0.3, -0.25) is 0 Å². The fraction of sp³-hybridized carbons (Fsp3) is 0.600. The summed E-state index contributed by atoms with van der Waals surface area (Å²) in [7, 11) is 1.46. The lowest BCUT2D eigenvalue weighted by atomic mass is 9.99. The van der Waals surface area contributed by atoms with E-state index < -0.39 is 37.3 Å². The van der Waals surface area contributed by atoms with E-state index in [4.69, 9.17) is 19.3 Å². The first kappa shape index (κ1) is 17.9. The SMILES string of the molecule is COc1ccc(CCOC2OC(CO)C(O)C(O)C2O)cc1O. The molecule has 0 spiro atoms. The van der Waals surface area contributed by atoms with Crippen LogP contribution in [0.2, 0.25) is 0 Å². The van der Waals surface area contributed by atoms with Crippen LogP contribution in [0.1, 0.15) is 5.56 Å². The van der Waals surface area contributed by atoms with Crippen LogP contribution < -0.4 is 4.74 Å². The van der Waals surface area contributed by atoms with Crippen molar-refractivity contribution >= 4 is 0 Å². The zero-order valence-electron chi connectivity index (χ0n) is 12.7. The molecule has 0 aromatic heterocycles. The maximum absolute atomic E-state index is 9.83. The minimum atomic E-state index is -1.46. The van der Waals surface area contributed by atoms with Crippen LogP contribution in [0.25, 0.3) is 0 Å². The number of rotatable bonds is 6. The molecule has 0 saturated carbocycles. The molecule has 1 fully saturated rings. The highest BCUT2D eigenvalue weighted by molar-refractivity contribution is 5.41. The van der Waals surface area contributed by atoms with Crippen LogP contribution in [0.4, 0.5) is 0 Å². The second-order valence-electron chi connectivity index (χ2n) is 5.32. The molecule has 5 N–H and O–H groups in total. The number of aliphatic hydroxyl groups is 4. The van der Waals surface area contributed by atoms with Gasteiger partial charge in [0.2, 0.25) is 0 Å². The van der Waals surface area contributed by atoms with Gasteiger partial charge in [0.15, 0.2) is 17.8 Å². The van der Waals surface area contributed by atoms with Gasteiger partial charge in [0.25, 0.3) is 0 Å². The maximum Gasteiger partial charge on any atom is 0.186 e. The lowest BCUT2D eigenvalue weighted by Gasteiger charge is -2.39. The van der Waals surface area contributed by atoms with Gasteiger partial charge >= 0.3 is 0 Å². The normalized spacial score (nSPS) is 31.1. The summed E-state index contributed by atoms with van der Waals surface area (Å²) in [6.45, 7) is -0.356. The molecule has 130 valence electrons. The average molecular weight is 330 g/mol. The zero-order valence-corrected chi connectivity index (χ0v) is 12.7. The van der Waals surface area contributed by atoms with Crippen molar-refractivity contribution < 1.29 is 39.7 Å². The van der Waals surface area contributed by atoms with E-state index in [1.54, 1.807) is 12.1 Å². The summed E-state index contributed by atoms with van der Waals surface area (Å²) >= 11 is 0. The third-order valence-electron chi connectivity index (χ3n) is 3.76. The number of aromatic hydroxyl groups is 1. The fourth-order valence-electron chi connectivity index (χ4n) is 2.39. The zero-order chi connectivity index (χ0) is 17.0. The van der Waals surface area contributed by atoms with E-state index in [9.17, 15) is 20.4 Å². The molecule has 8 heteroatoms. The van der Waals surface area contributed by atoms with Crippen LogP contribution >= 0.6 is 0 Å². The Bertz CT molecular complexity index is 506. The predicted molar refractivity (Wildman–Crippen MR) is 78.1 cm³/mol. The Kier molecular flexibility index (Phi) is 6.17. The number of aliphatic hydroxyl groups excluding tert-OH is 4. The highest BCUT2D eigenvalue weighted by Gasteiger charge is 2.43. The van der Waals surface area contributed by atoms with Crippen molar-refractivity contribution in [3.8, 4) is 11.5 Å². The molecule has 1 aromatic rings. The summed E-state index contributed by atoms with van der Waals surface area (Å²) in [4.78, 5) is 0. The van der Waals surface area contributed by atoms with Crippen LogP contribution in [-0.2, 0) is 15.9 Å². The van der Waals surface area contributed by atoms with Crippen LogP contribution in [0, 0.1) is 0 Å². The Morgan fingerprint density at radius 3 is 2.48 bits per heavy atom. The van der Waals surface area contributed by atoms with Gasteiger partial charge in [0, 0.05) is 0 Å². The molecule has 5 atom stereocenters. The molecule has 1 aliphatic rings. The van der Waals surface area contributed by atoms with Crippen molar-refractivity contribution in [2.75, 3.05) is 20.3 Å². The van der Waals surface area contributed by atoms with E-state index in [-0.39, 0.29) is 12.4 Å². The number of hydrogen-bond acceptors (Lipinski definition) is 8. The second kappa shape index (κ2) is 7.91. The number of phenols is 1. The lowest BCUT2D eigenvalue weighted by molar-refractivity contribution is -0.300. The van der Waals surface area contributed by atoms with Gasteiger partial charge in [-0.25, -0.2) is 0 Å². The van der Waals surface area contributed by atoms with Crippen molar-refractivity contribution in [3.63, 3.8) is 0 Å². The standard InChI is InChI=1S/C15H22O8/c1-21-10-3-2-8(6-9(10)17)4-5-22-15-14(20)13(19)12(18)11(7-16)23-15/h2-3,6,11-20H,4-5,7H2,1H3. The number of hydrogen-bond donors (Lipinski definition) is 5. The van der Waals surface area contributed by atoms with Crippen molar-refractivity contribution in [2.45, 2.75) is 37.1 Å². The van der Waals surface area contributed by atoms with E-state index >= 15 is 0 Å². The molecule has 1 aromatic carbocycles. The third-order valence-corrected chi connectivity index (χ3v) is 3.76. The number of phenolic OH excluding ortho intramolecular Hbond substituents is 1. The quantitative estimate of drug-likeness (QED) is 0.438. The molecule has 8 nitrogen and oxygen atoms in total. The molecule has 0 amide bonds. The molecule has 23 heavy (non-hydrogen) atoms. The molecule has 0 radical (unpaired) electrons. The summed E-state index contributed by atoms with van der Waals surface area (Å²) < 4.78 is 15.6. The van der Waals surface area contributed by atoms with Gasteiger partial charge in [0.05, 0.1) is 20.3 Å². The lowest BCUT2D eigenvalue weighted by Crippen LogP contribution is -2.59. The minimum absolute atomic E-state index is 0.0119. The number of benzene rings is 1. The molecule has 0 bridgehead atoms. The number of methoxy groups -OCH3 is 1. The van der Waals surface area contributed by atoms with Crippen LogP contribution in [0.5, 0.6) is 11.5 Å². The topological polar surface area (TPSA) is 129 Å². The van der Waals surface area contributed by atoms with Gasteiger partial charge in [0.1, 0.15) is 24.4 Å². The molecule has 1 saturated heterocycles. The van der Waals surface area contributed by atoms with E-state index in [0.717, 1.165) is 5.56 Å². The van der Waals surface area contributed by atoms with Gasteiger partial charge in [-0.05, 0) is 24.1 Å². The Morgan fingerprint density at radius 1 is 1.13 bits per heavy atom. The molecule has 2 rings (SSSR count). The van der Waals surface area contributed by atoms with Gasteiger partial charge in [-0.1, -0.05) is 6.07 Å². The number of ether oxygens (including phenoxy) is 3. The van der Waals surface area contributed by atoms with Gasteiger partial charge < -0.3 is 39.7 Å². The van der Waals surface area contributed by atoms with Gasteiger partial charge in [-0.15, -0.1) is 0 Å². The Labute approximate surface area is 133 Å². The van der Waals surface area contributed by atoms with E-state index in [1.807, 2.05) is 0 Å². The Hall–Kier alpha value is -1.42. The first-order valence-electron chi connectivity index (χ1n) is 7.26. The Morgan fingerprint density at radius 2 is 1.87 bits per heavy atom. The van der Waals surface area contributed by atoms with Crippen LogP contribution in [0.15, 0.2) is 18.2 Å². The fourth-order valence-corrected chi connectivity index (χ4v) is 2.39. The molecular weight excluding hydrogens is 308 g/mol. The Balaban J connectivity index is 1.89. The summed E-state index contributed by atoms with van der Waals surface area (Å²) in [6, 6.07) is 4.92. The van der Waals surface area contributed by atoms with E-state index in [0.29, 0.717) is 12.2 Å². The third kappa shape index (κ3) is 4.11. The summed E-state index contributed by atoms with van der Waals surface area (Å²) in [5, 5.41) is 47.9. The first-order chi connectivity index (χ1) is 11.0. The van der Waals surface area contributed by atoms with Crippen molar-refractivity contribution in [2.24, 2.45) is 0 Å². The van der Waals surface area contributed by atoms with Crippen molar-refractivity contribution in [1.82, 2.24) is 0 Å². The molecule has 5 unspecified atom stereocenters. The van der Waals surface area contributed by atoms with Crippen LogP contribution in [0.3, 0.4) is 0 Å². The maximum atomic E-state index is 9.83.